The lowest BCUT2D eigenvalue weighted by Gasteiger charge is -2.37. The molecule has 3 aromatic heterocycles. The molecule has 0 N–H and O–H groups in total. The maximum Gasteiger partial charge on any atom is 0.145 e. The second-order valence-corrected chi connectivity index (χ2v) is 20.5. The smallest absolute Gasteiger partial charge is 0.145 e. The maximum atomic E-state index is 7.09. The van der Waals surface area contributed by atoms with Gasteiger partial charge < -0.3 is 14.0 Å². The van der Waals surface area contributed by atoms with E-state index in [1.54, 1.807) is 6.33 Å². The van der Waals surface area contributed by atoms with Crippen LogP contribution in [0.2, 0.25) is 25.7 Å². The van der Waals surface area contributed by atoms with Crippen molar-refractivity contribution >= 4 is 19.1 Å². The van der Waals surface area contributed by atoms with Gasteiger partial charge in [-0.3, -0.25) is 4.68 Å². The van der Waals surface area contributed by atoms with Crippen molar-refractivity contribution in [3.63, 3.8) is 0 Å². The third kappa shape index (κ3) is 7.53. The van der Waals surface area contributed by atoms with E-state index in [4.69, 9.17) is 14.6 Å². The fraction of sp³-hybridized carbons (Fsp3) is 0.357. The van der Waals surface area contributed by atoms with Gasteiger partial charge in [-0.05, 0) is 66.8 Å². The molecule has 0 radical (unpaired) electrons. The third-order valence-electron chi connectivity index (χ3n) is 10.2. The number of benzene rings is 3. The summed E-state index contributed by atoms with van der Waals surface area (Å²) in [5.74, 6) is 0.621. The largest absolute Gasteiger partial charge is 0.361 e. The van der Waals surface area contributed by atoms with Crippen LogP contribution < -0.4 is 0 Å². The Bertz CT molecular complexity index is 1850. The minimum atomic E-state index is -1.13. The molecule has 3 aromatic carbocycles. The molecule has 0 unspecified atom stereocenters. The first-order valence-electron chi connectivity index (χ1n) is 18.1. The Morgan fingerprint density at radius 2 is 1.38 bits per heavy atom. The molecule has 0 bridgehead atoms. The molecule has 6 aromatic rings. The molecule has 0 atom stereocenters. The molecule has 1 fully saturated rings. The Morgan fingerprint density at radius 1 is 0.760 bits per heavy atom. The SMILES string of the molecule is C[Si](C)(C)CCOCn1ccc2c(-c3cnn([C@H]4CC[C@@H](CCOC(c5ccccc5)(c5ccccc5)c5ccccc5)CC4)c3)ncnc21. The molecule has 1 aliphatic rings. The number of hydrogen-bond donors (Lipinski definition) is 0. The van der Waals surface area contributed by atoms with E-state index in [9.17, 15) is 0 Å². The van der Waals surface area contributed by atoms with Crippen LogP contribution in [0.5, 0.6) is 0 Å². The molecule has 0 spiro atoms. The lowest BCUT2D eigenvalue weighted by molar-refractivity contribution is 0.00269. The van der Waals surface area contributed by atoms with E-state index in [0.717, 1.165) is 83.7 Å². The number of ether oxygens (including phenoxy) is 2. The zero-order valence-corrected chi connectivity index (χ0v) is 30.6. The number of aromatic nitrogens is 5. The summed E-state index contributed by atoms with van der Waals surface area (Å²) in [5.41, 5.74) is 5.64. The van der Waals surface area contributed by atoms with Crippen molar-refractivity contribution in [3.8, 4) is 11.3 Å². The quantitative estimate of drug-likeness (QED) is 0.0650. The molecule has 50 heavy (non-hydrogen) atoms. The number of hydrogen-bond acceptors (Lipinski definition) is 5. The van der Waals surface area contributed by atoms with Gasteiger partial charge in [0.2, 0.25) is 0 Å². The van der Waals surface area contributed by atoms with Crippen LogP contribution in [-0.4, -0.2) is 45.6 Å². The van der Waals surface area contributed by atoms with E-state index < -0.39 is 13.7 Å². The second kappa shape index (κ2) is 15.3. The first-order valence-corrected chi connectivity index (χ1v) is 21.8. The van der Waals surface area contributed by atoms with Gasteiger partial charge in [0.05, 0.1) is 17.9 Å². The van der Waals surface area contributed by atoms with Gasteiger partial charge in [-0.15, -0.1) is 0 Å². The Balaban J connectivity index is 0.991. The summed E-state index contributed by atoms with van der Waals surface area (Å²) in [6, 6.07) is 35.6. The summed E-state index contributed by atoms with van der Waals surface area (Å²) in [6.45, 7) is 9.09. The fourth-order valence-corrected chi connectivity index (χ4v) is 8.14. The average Bonchev–Trinajstić information content (AvgIpc) is 3.81. The first kappa shape index (κ1) is 34.1. The van der Waals surface area contributed by atoms with Crippen LogP contribution in [0.1, 0.15) is 54.8 Å². The molecule has 1 aliphatic carbocycles. The summed E-state index contributed by atoms with van der Waals surface area (Å²) >= 11 is 0. The van der Waals surface area contributed by atoms with Crippen LogP contribution in [-0.2, 0) is 21.8 Å². The average molecular weight is 684 g/mol. The van der Waals surface area contributed by atoms with E-state index in [1.807, 2.05) is 6.20 Å². The lowest BCUT2D eigenvalue weighted by Crippen LogP contribution is -2.33. The number of nitrogens with zero attached hydrogens (tertiary/aromatic N) is 5. The third-order valence-corrected chi connectivity index (χ3v) is 11.9. The van der Waals surface area contributed by atoms with Gasteiger partial charge in [0.1, 0.15) is 24.3 Å². The van der Waals surface area contributed by atoms with E-state index >= 15 is 0 Å². The fourth-order valence-electron chi connectivity index (χ4n) is 7.38. The zero-order valence-electron chi connectivity index (χ0n) is 29.6. The summed E-state index contributed by atoms with van der Waals surface area (Å²) in [5, 5.41) is 5.87. The zero-order chi connectivity index (χ0) is 34.4. The number of fused-ring (bicyclic) bond motifs is 1. The van der Waals surface area contributed by atoms with Crippen molar-refractivity contribution in [2.45, 2.75) is 76.2 Å². The molecule has 7 nitrogen and oxygen atoms in total. The highest BCUT2D eigenvalue weighted by atomic mass is 28.3. The standard InChI is InChI=1S/C42H49N5O2Si/c1-50(2,3)28-27-48-32-46-25-23-39-40(43-31-44-41(39)46)34-29-45-47(30-34)38-21-19-33(20-22-38)24-26-49-42(35-13-7-4-8-14-35,36-15-9-5-10-16-36)37-17-11-6-12-18-37/h4-18,23,25,29-31,33,38H,19-22,24,26-28,32H2,1-3H3/t33-,38+. The van der Waals surface area contributed by atoms with Crippen molar-refractivity contribution in [2.24, 2.45) is 5.92 Å². The van der Waals surface area contributed by atoms with E-state index in [0.29, 0.717) is 25.3 Å². The molecule has 7 rings (SSSR count). The van der Waals surface area contributed by atoms with Crippen molar-refractivity contribution in [2.75, 3.05) is 13.2 Å². The van der Waals surface area contributed by atoms with E-state index in [2.05, 4.69) is 148 Å². The van der Waals surface area contributed by atoms with Gasteiger partial charge in [-0.25, -0.2) is 9.97 Å². The van der Waals surface area contributed by atoms with Gasteiger partial charge in [0, 0.05) is 44.6 Å². The highest BCUT2D eigenvalue weighted by Crippen LogP contribution is 2.42. The Labute approximate surface area is 297 Å². The molecule has 0 amide bonds. The van der Waals surface area contributed by atoms with Crippen LogP contribution in [0.25, 0.3) is 22.3 Å². The van der Waals surface area contributed by atoms with Gasteiger partial charge in [-0.2, -0.15) is 5.10 Å². The summed E-state index contributed by atoms with van der Waals surface area (Å²) in [4.78, 5) is 9.28. The minimum Gasteiger partial charge on any atom is -0.361 e. The monoisotopic (exact) mass is 683 g/mol. The van der Waals surface area contributed by atoms with E-state index in [1.165, 1.54) is 0 Å². The molecule has 8 heteroatoms. The van der Waals surface area contributed by atoms with Crippen molar-refractivity contribution in [1.29, 1.82) is 0 Å². The van der Waals surface area contributed by atoms with Crippen LogP contribution in [0.3, 0.4) is 0 Å². The summed E-state index contributed by atoms with van der Waals surface area (Å²) in [7, 11) is -1.13. The highest BCUT2D eigenvalue weighted by Gasteiger charge is 2.37. The maximum absolute atomic E-state index is 7.09. The normalized spacial score (nSPS) is 16.9. The van der Waals surface area contributed by atoms with Crippen molar-refractivity contribution in [3.05, 3.63) is 139 Å². The van der Waals surface area contributed by atoms with Gasteiger partial charge in [0.15, 0.2) is 0 Å². The molecule has 0 aliphatic heterocycles. The van der Waals surface area contributed by atoms with Gasteiger partial charge in [0.25, 0.3) is 0 Å². The van der Waals surface area contributed by atoms with E-state index in [-0.39, 0.29) is 0 Å². The van der Waals surface area contributed by atoms with Crippen LogP contribution in [0.4, 0.5) is 0 Å². The predicted octanol–water partition coefficient (Wildman–Crippen LogP) is 9.74. The van der Waals surface area contributed by atoms with Crippen molar-refractivity contribution in [1.82, 2.24) is 24.3 Å². The van der Waals surface area contributed by atoms with Crippen LogP contribution in [0.15, 0.2) is 122 Å². The first-order chi connectivity index (χ1) is 24.4. The van der Waals surface area contributed by atoms with Crippen LogP contribution >= 0.6 is 0 Å². The molecular formula is C42H49N5O2Si. The number of rotatable bonds is 14. The topological polar surface area (TPSA) is 67.0 Å². The molecular weight excluding hydrogens is 635 g/mol. The molecule has 258 valence electrons. The van der Waals surface area contributed by atoms with Crippen LogP contribution in [0, 0.1) is 5.92 Å². The van der Waals surface area contributed by atoms with Gasteiger partial charge in [-0.1, -0.05) is 111 Å². The summed E-state index contributed by atoms with van der Waals surface area (Å²) < 4.78 is 17.3. The molecule has 0 saturated heterocycles. The minimum absolute atomic E-state index is 0.389. The highest BCUT2D eigenvalue weighted by molar-refractivity contribution is 6.76. The van der Waals surface area contributed by atoms with Gasteiger partial charge >= 0.3 is 0 Å². The Kier molecular flexibility index (Phi) is 10.4. The van der Waals surface area contributed by atoms with Crippen molar-refractivity contribution < 1.29 is 9.47 Å². The summed E-state index contributed by atoms with van der Waals surface area (Å²) in [6.07, 6.45) is 13.4. The predicted molar refractivity (Wildman–Crippen MR) is 204 cm³/mol. The lowest BCUT2D eigenvalue weighted by atomic mass is 9.80. The second-order valence-electron chi connectivity index (χ2n) is 14.9. The Hall–Kier alpha value is -4.37. The molecule has 1 saturated carbocycles. The Morgan fingerprint density at radius 3 is 1.98 bits per heavy atom. The molecule has 3 heterocycles.